The van der Waals surface area contributed by atoms with Crippen molar-refractivity contribution in [2.45, 2.75) is 52.8 Å². The van der Waals surface area contributed by atoms with Crippen molar-refractivity contribution in [2.24, 2.45) is 0 Å². The molecule has 0 saturated carbocycles. The van der Waals surface area contributed by atoms with Gasteiger partial charge in [0, 0.05) is 30.4 Å². The van der Waals surface area contributed by atoms with E-state index in [2.05, 4.69) is 31.2 Å². The molecule has 2 atom stereocenters. The fourth-order valence-electron chi connectivity index (χ4n) is 2.77. The van der Waals surface area contributed by atoms with Gasteiger partial charge in [-0.2, -0.15) is 16.4 Å². The highest BCUT2D eigenvalue weighted by atomic mass is 32.1. The van der Waals surface area contributed by atoms with Crippen molar-refractivity contribution in [3.8, 4) is 0 Å². The van der Waals surface area contributed by atoms with Crippen molar-refractivity contribution in [3.05, 3.63) is 39.3 Å². The smallest absolute Gasteiger partial charge is 0.100 e. The van der Waals surface area contributed by atoms with Crippen LogP contribution in [0.5, 0.6) is 0 Å². The molecule has 0 saturated heterocycles. The minimum Gasteiger partial charge on any atom is -0.384 e. The Balaban J connectivity index is 2.09. The highest BCUT2D eigenvalue weighted by molar-refractivity contribution is 7.08. The van der Waals surface area contributed by atoms with E-state index in [0.29, 0.717) is 6.54 Å². The van der Waals surface area contributed by atoms with E-state index < -0.39 is 5.60 Å². The van der Waals surface area contributed by atoms with E-state index >= 15 is 0 Å². The minimum atomic E-state index is -0.850. The van der Waals surface area contributed by atoms with Gasteiger partial charge in [-0.3, -0.25) is 4.68 Å². The molecule has 0 aliphatic heterocycles. The molecule has 0 aromatic carbocycles. The van der Waals surface area contributed by atoms with Crippen LogP contribution in [0.4, 0.5) is 0 Å². The average Bonchev–Trinajstić information content (AvgIpc) is 3.05. The molecule has 0 aliphatic carbocycles. The van der Waals surface area contributed by atoms with Crippen LogP contribution in [0.2, 0.25) is 0 Å². The predicted molar refractivity (Wildman–Crippen MR) is 87.7 cm³/mol. The Bertz CT molecular complexity index is 587. The summed E-state index contributed by atoms with van der Waals surface area (Å²) in [7, 11) is 0. The Hall–Kier alpha value is -1.17. The topological polar surface area (TPSA) is 50.1 Å². The molecule has 4 nitrogen and oxygen atoms in total. The molecule has 0 aliphatic rings. The summed E-state index contributed by atoms with van der Waals surface area (Å²) in [6.45, 7) is 11.6. The van der Waals surface area contributed by atoms with Gasteiger partial charge in [0.2, 0.25) is 0 Å². The van der Waals surface area contributed by atoms with Crippen LogP contribution in [0.25, 0.3) is 0 Å². The Morgan fingerprint density at radius 2 is 2.19 bits per heavy atom. The van der Waals surface area contributed by atoms with Gasteiger partial charge in [0.1, 0.15) is 5.60 Å². The van der Waals surface area contributed by atoms with E-state index in [1.54, 1.807) is 11.3 Å². The molecular weight excluding hydrogens is 282 g/mol. The van der Waals surface area contributed by atoms with E-state index in [0.717, 1.165) is 17.8 Å². The molecule has 0 amide bonds. The second kappa shape index (κ2) is 6.30. The average molecular weight is 307 g/mol. The van der Waals surface area contributed by atoms with Gasteiger partial charge in [0.05, 0.1) is 5.69 Å². The minimum absolute atomic E-state index is 0.162. The fraction of sp³-hybridized carbons (Fsp3) is 0.562. The Morgan fingerprint density at radius 1 is 1.48 bits per heavy atom. The Kier molecular flexibility index (Phi) is 4.86. The summed E-state index contributed by atoms with van der Waals surface area (Å²) in [4.78, 5) is 0. The number of hydrogen-bond donors (Lipinski definition) is 2. The lowest BCUT2D eigenvalue weighted by Gasteiger charge is -2.25. The third-order valence-electron chi connectivity index (χ3n) is 4.07. The van der Waals surface area contributed by atoms with E-state index in [-0.39, 0.29) is 6.04 Å². The zero-order valence-corrected chi connectivity index (χ0v) is 14.3. The van der Waals surface area contributed by atoms with Gasteiger partial charge < -0.3 is 10.4 Å². The molecule has 2 N–H and O–H groups in total. The molecule has 0 fully saturated rings. The van der Waals surface area contributed by atoms with Crippen LogP contribution in [-0.4, -0.2) is 21.4 Å². The summed E-state index contributed by atoms with van der Waals surface area (Å²) in [5.74, 6) is 0. The molecule has 0 spiro atoms. The van der Waals surface area contributed by atoms with Crippen LogP contribution in [0.1, 0.15) is 49.3 Å². The molecule has 2 heterocycles. The number of rotatable bonds is 6. The van der Waals surface area contributed by atoms with Crippen LogP contribution < -0.4 is 5.32 Å². The van der Waals surface area contributed by atoms with Gasteiger partial charge in [-0.15, -0.1) is 0 Å². The van der Waals surface area contributed by atoms with Crippen molar-refractivity contribution < 1.29 is 5.11 Å². The summed E-state index contributed by atoms with van der Waals surface area (Å²) in [5, 5.41) is 22.6. The van der Waals surface area contributed by atoms with E-state index in [9.17, 15) is 5.11 Å². The van der Waals surface area contributed by atoms with Gasteiger partial charge >= 0.3 is 0 Å². The third-order valence-corrected chi connectivity index (χ3v) is 4.75. The highest BCUT2D eigenvalue weighted by Gasteiger charge is 2.25. The SMILES string of the molecule is CCn1nc(C)c(C(C)NCC(C)(O)c2ccsc2)c1C. The van der Waals surface area contributed by atoms with Crippen molar-refractivity contribution in [1.29, 1.82) is 0 Å². The number of thiophene rings is 1. The number of nitrogens with zero attached hydrogens (tertiary/aromatic N) is 2. The third kappa shape index (κ3) is 3.36. The summed E-state index contributed by atoms with van der Waals surface area (Å²) < 4.78 is 2.03. The van der Waals surface area contributed by atoms with Crippen molar-refractivity contribution in [2.75, 3.05) is 6.54 Å². The Morgan fingerprint density at radius 3 is 2.71 bits per heavy atom. The molecule has 2 rings (SSSR count). The van der Waals surface area contributed by atoms with Gasteiger partial charge in [0.25, 0.3) is 0 Å². The summed E-state index contributed by atoms with van der Waals surface area (Å²) in [6.07, 6.45) is 0. The number of aryl methyl sites for hydroxylation is 2. The summed E-state index contributed by atoms with van der Waals surface area (Å²) in [5.41, 5.74) is 3.61. The van der Waals surface area contributed by atoms with E-state index in [1.165, 1.54) is 11.3 Å². The first kappa shape index (κ1) is 16.2. The highest BCUT2D eigenvalue weighted by Crippen LogP contribution is 2.25. The second-order valence-corrected chi connectivity index (χ2v) is 6.57. The van der Waals surface area contributed by atoms with Crippen LogP contribution in [0.3, 0.4) is 0 Å². The van der Waals surface area contributed by atoms with Crippen molar-refractivity contribution in [1.82, 2.24) is 15.1 Å². The number of hydrogen-bond acceptors (Lipinski definition) is 4. The van der Waals surface area contributed by atoms with Crippen LogP contribution in [0, 0.1) is 13.8 Å². The summed E-state index contributed by atoms with van der Waals surface area (Å²) in [6, 6.07) is 2.14. The normalized spacial score (nSPS) is 15.9. The maximum absolute atomic E-state index is 10.6. The molecule has 2 aromatic rings. The molecule has 2 unspecified atom stereocenters. The molecule has 116 valence electrons. The van der Waals surface area contributed by atoms with Gasteiger partial charge in [-0.1, -0.05) is 0 Å². The molecule has 5 heteroatoms. The molecular formula is C16H25N3OS. The lowest BCUT2D eigenvalue weighted by molar-refractivity contribution is 0.0547. The van der Waals surface area contributed by atoms with Gasteiger partial charge in [0.15, 0.2) is 0 Å². The molecule has 21 heavy (non-hydrogen) atoms. The number of aliphatic hydroxyl groups is 1. The molecule has 0 radical (unpaired) electrons. The number of nitrogens with one attached hydrogen (secondary N) is 1. The van der Waals surface area contributed by atoms with E-state index in [1.807, 2.05) is 35.4 Å². The lowest BCUT2D eigenvalue weighted by atomic mass is 9.98. The number of aromatic nitrogens is 2. The first-order valence-corrected chi connectivity index (χ1v) is 8.33. The standard InChI is InChI=1S/C16H25N3OS/c1-6-19-13(4)15(12(3)18-19)11(2)17-10-16(5,20)14-7-8-21-9-14/h7-9,11,17,20H,6,10H2,1-5H3. The first-order valence-electron chi connectivity index (χ1n) is 7.39. The van der Waals surface area contributed by atoms with E-state index in [4.69, 9.17) is 0 Å². The largest absolute Gasteiger partial charge is 0.384 e. The zero-order chi connectivity index (χ0) is 15.6. The zero-order valence-electron chi connectivity index (χ0n) is 13.5. The maximum atomic E-state index is 10.6. The first-order chi connectivity index (χ1) is 9.86. The maximum Gasteiger partial charge on any atom is 0.100 e. The van der Waals surface area contributed by atoms with Crippen molar-refractivity contribution in [3.63, 3.8) is 0 Å². The second-order valence-electron chi connectivity index (χ2n) is 5.79. The summed E-state index contributed by atoms with van der Waals surface area (Å²) >= 11 is 1.61. The van der Waals surface area contributed by atoms with Crippen LogP contribution >= 0.6 is 11.3 Å². The van der Waals surface area contributed by atoms with Crippen LogP contribution in [-0.2, 0) is 12.1 Å². The molecule has 0 bridgehead atoms. The molecule has 2 aromatic heterocycles. The van der Waals surface area contributed by atoms with Gasteiger partial charge in [-0.05, 0) is 57.0 Å². The fourth-order valence-corrected chi connectivity index (χ4v) is 3.56. The van der Waals surface area contributed by atoms with Gasteiger partial charge in [-0.25, -0.2) is 0 Å². The van der Waals surface area contributed by atoms with Crippen molar-refractivity contribution >= 4 is 11.3 Å². The quantitative estimate of drug-likeness (QED) is 0.862. The van der Waals surface area contributed by atoms with Crippen LogP contribution in [0.15, 0.2) is 16.8 Å². The lowest BCUT2D eigenvalue weighted by Crippen LogP contribution is -2.36. The monoisotopic (exact) mass is 307 g/mol. The predicted octanol–water partition coefficient (Wildman–Crippen LogP) is 3.14. The Labute approximate surface area is 130 Å².